The van der Waals surface area contributed by atoms with Crippen molar-refractivity contribution in [1.29, 1.82) is 0 Å². The Kier molecular flexibility index (Phi) is 5.63. The van der Waals surface area contributed by atoms with Crippen LogP contribution in [0.1, 0.15) is 10.4 Å². The number of ether oxygens (including phenoxy) is 1. The molecule has 27 heavy (non-hydrogen) atoms. The van der Waals surface area contributed by atoms with Gasteiger partial charge >= 0.3 is 0 Å². The summed E-state index contributed by atoms with van der Waals surface area (Å²) in [7, 11) is 1.52. The number of methoxy groups -OCH3 is 1. The molecule has 1 heterocycles. The monoisotopic (exact) mass is 365 g/mol. The van der Waals surface area contributed by atoms with E-state index in [1.807, 2.05) is 24.3 Å². The van der Waals surface area contributed by atoms with Gasteiger partial charge in [-0.1, -0.05) is 24.3 Å². The van der Waals surface area contributed by atoms with Crippen LogP contribution in [-0.2, 0) is 4.79 Å². The van der Waals surface area contributed by atoms with Crippen molar-refractivity contribution in [2.24, 2.45) is 0 Å². The van der Waals surface area contributed by atoms with Crippen molar-refractivity contribution < 1.29 is 19.4 Å². The molecule has 0 aliphatic rings. The van der Waals surface area contributed by atoms with Crippen molar-refractivity contribution in [3.63, 3.8) is 0 Å². The number of aliphatic hydroxyl groups excluding tert-OH is 1. The molecule has 0 radical (unpaired) electrons. The Morgan fingerprint density at radius 1 is 1.15 bits per heavy atom. The van der Waals surface area contributed by atoms with E-state index in [4.69, 9.17) is 4.74 Å². The van der Waals surface area contributed by atoms with Crippen molar-refractivity contribution in [2.45, 2.75) is 6.04 Å². The third-order valence-corrected chi connectivity index (χ3v) is 3.99. The Bertz CT molecular complexity index is 974. The third-order valence-electron chi connectivity index (χ3n) is 3.99. The first-order valence-corrected chi connectivity index (χ1v) is 8.32. The van der Waals surface area contributed by atoms with Gasteiger partial charge in [-0.15, -0.1) is 0 Å². The molecule has 2 amide bonds. The molecule has 3 N–H and O–H groups in total. The number of nitrogens with zero attached hydrogens (tertiary/aromatic N) is 1. The van der Waals surface area contributed by atoms with E-state index >= 15 is 0 Å². The van der Waals surface area contributed by atoms with Crippen LogP contribution in [0.25, 0.3) is 10.9 Å². The number of para-hydroxylation sites is 1. The van der Waals surface area contributed by atoms with Crippen molar-refractivity contribution in [3.05, 3.63) is 66.4 Å². The molecule has 0 saturated heterocycles. The lowest BCUT2D eigenvalue weighted by atomic mass is 10.1. The molecule has 7 nitrogen and oxygen atoms in total. The maximum absolute atomic E-state index is 12.5. The fourth-order valence-electron chi connectivity index (χ4n) is 2.56. The molecule has 3 aromatic rings. The van der Waals surface area contributed by atoms with Gasteiger partial charge in [-0.05, 0) is 24.3 Å². The van der Waals surface area contributed by atoms with Crippen LogP contribution in [0.3, 0.4) is 0 Å². The Balaban J connectivity index is 1.70. The van der Waals surface area contributed by atoms with Crippen molar-refractivity contribution in [3.8, 4) is 5.75 Å². The van der Waals surface area contributed by atoms with Crippen LogP contribution < -0.4 is 15.4 Å². The van der Waals surface area contributed by atoms with E-state index in [1.54, 1.807) is 30.3 Å². The van der Waals surface area contributed by atoms with Gasteiger partial charge in [-0.2, -0.15) is 0 Å². The average molecular weight is 365 g/mol. The highest BCUT2D eigenvalue weighted by Gasteiger charge is 2.21. The number of rotatable bonds is 6. The molecule has 1 atom stereocenters. The van der Waals surface area contributed by atoms with E-state index in [1.165, 1.54) is 13.3 Å². The smallest absolute Gasteiger partial charge is 0.253 e. The number of hydrogen-bond donors (Lipinski definition) is 3. The zero-order chi connectivity index (χ0) is 19.2. The Hall–Kier alpha value is -3.45. The second-order valence-corrected chi connectivity index (χ2v) is 5.85. The molecule has 2 aromatic carbocycles. The zero-order valence-electron chi connectivity index (χ0n) is 14.7. The predicted molar refractivity (Wildman–Crippen MR) is 102 cm³/mol. The Labute approximate surface area is 156 Å². The lowest BCUT2D eigenvalue weighted by Crippen LogP contribution is -2.46. The van der Waals surface area contributed by atoms with Gasteiger partial charge in [0.15, 0.2) is 0 Å². The number of nitrogens with one attached hydrogen (secondary N) is 2. The molecular weight excluding hydrogens is 346 g/mol. The number of pyridine rings is 1. The molecule has 0 spiro atoms. The van der Waals surface area contributed by atoms with E-state index in [-0.39, 0.29) is 0 Å². The van der Waals surface area contributed by atoms with Crippen LogP contribution in [0.2, 0.25) is 0 Å². The summed E-state index contributed by atoms with van der Waals surface area (Å²) in [5.41, 5.74) is 1.57. The molecule has 0 aliphatic carbocycles. The van der Waals surface area contributed by atoms with Gasteiger partial charge < -0.3 is 20.5 Å². The van der Waals surface area contributed by atoms with Crippen LogP contribution in [0, 0.1) is 0 Å². The number of carbonyl (C=O) groups excluding carboxylic acids is 2. The van der Waals surface area contributed by atoms with Gasteiger partial charge in [0.1, 0.15) is 11.8 Å². The second kappa shape index (κ2) is 8.29. The van der Waals surface area contributed by atoms with Crippen LogP contribution in [0.15, 0.2) is 60.8 Å². The van der Waals surface area contributed by atoms with Crippen LogP contribution >= 0.6 is 0 Å². The minimum Gasteiger partial charge on any atom is -0.497 e. The standard InChI is InChI=1S/C20H19N3O4/c1-27-16-7-4-6-15(10-16)22-20(26)18(12-24)23-19(25)14-9-13-5-2-3-8-17(13)21-11-14/h2-11,18,24H,12H2,1H3,(H,22,26)(H,23,25). The first-order chi connectivity index (χ1) is 13.1. The number of carbonyl (C=O) groups is 2. The van der Waals surface area contributed by atoms with E-state index in [9.17, 15) is 14.7 Å². The van der Waals surface area contributed by atoms with Crippen LogP contribution in [0.5, 0.6) is 5.75 Å². The molecule has 1 aromatic heterocycles. The Morgan fingerprint density at radius 3 is 2.74 bits per heavy atom. The summed E-state index contributed by atoms with van der Waals surface area (Å²) in [6.45, 7) is -0.539. The Morgan fingerprint density at radius 2 is 1.96 bits per heavy atom. The largest absolute Gasteiger partial charge is 0.497 e. The van der Waals surface area contributed by atoms with Crippen LogP contribution in [-0.4, -0.2) is 41.7 Å². The maximum atomic E-state index is 12.5. The van der Waals surface area contributed by atoms with E-state index in [2.05, 4.69) is 15.6 Å². The second-order valence-electron chi connectivity index (χ2n) is 5.85. The first kappa shape index (κ1) is 18.3. The number of hydrogen-bond acceptors (Lipinski definition) is 5. The molecule has 7 heteroatoms. The van der Waals surface area contributed by atoms with E-state index in [0.717, 1.165) is 10.9 Å². The van der Waals surface area contributed by atoms with Gasteiger partial charge in [0.2, 0.25) is 5.91 Å². The summed E-state index contributed by atoms with van der Waals surface area (Å²) in [6.07, 6.45) is 1.44. The number of aliphatic hydroxyl groups is 1. The van der Waals surface area contributed by atoms with Crippen LogP contribution in [0.4, 0.5) is 5.69 Å². The molecule has 0 bridgehead atoms. The fraction of sp³-hybridized carbons (Fsp3) is 0.150. The highest BCUT2D eigenvalue weighted by atomic mass is 16.5. The molecule has 138 valence electrons. The topological polar surface area (TPSA) is 101 Å². The quantitative estimate of drug-likeness (QED) is 0.620. The summed E-state index contributed by atoms with van der Waals surface area (Å²) in [4.78, 5) is 29.1. The molecule has 1 unspecified atom stereocenters. The summed E-state index contributed by atoms with van der Waals surface area (Å²) in [5.74, 6) is -0.444. The number of fused-ring (bicyclic) bond motifs is 1. The fourth-order valence-corrected chi connectivity index (χ4v) is 2.56. The molecule has 0 aliphatic heterocycles. The lowest BCUT2D eigenvalue weighted by Gasteiger charge is -2.16. The maximum Gasteiger partial charge on any atom is 0.253 e. The lowest BCUT2D eigenvalue weighted by molar-refractivity contribution is -0.118. The minimum atomic E-state index is -1.10. The molecule has 0 saturated carbocycles. The van der Waals surface area contributed by atoms with Crippen molar-refractivity contribution in [2.75, 3.05) is 19.0 Å². The number of benzene rings is 2. The minimum absolute atomic E-state index is 0.307. The summed E-state index contributed by atoms with van der Waals surface area (Å²) in [6, 6.07) is 14.8. The summed E-state index contributed by atoms with van der Waals surface area (Å²) < 4.78 is 5.10. The predicted octanol–water partition coefficient (Wildman–Crippen LogP) is 1.97. The molecule has 3 rings (SSSR count). The van der Waals surface area contributed by atoms with E-state index in [0.29, 0.717) is 17.0 Å². The van der Waals surface area contributed by atoms with Gasteiger partial charge in [-0.25, -0.2) is 0 Å². The van der Waals surface area contributed by atoms with Crippen molar-refractivity contribution in [1.82, 2.24) is 10.3 Å². The van der Waals surface area contributed by atoms with Gasteiger partial charge in [-0.3, -0.25) is 14.6 Å². The van der Waals surface area contributed by atoms with Gasteiger partial charge in [0.25, 0.3) is 5.91 Å². The number of amides is 2. The number of aromatic nitrogens is 1. The molecular formula is C20H19N3O4. The van der Waals surface area contributed by atoms with Gasteiger partial charge in [0.05, 0.1) is 24.8 Å². The highest BCUT2D eigenvalue weighted by Crippen LogP contribution is 2.17. The average Bonchev–Trinajstić information content (AvgIpc) is 2.71. The molecule has 0 fully saturated rings. The van der Waals surface area contributed by atoms with Crippen molar-refractivity contribution >= 4 is 28.4 Å². The van der Waals surface area contributed by atoms with E-state index < -0.39 is 24.5 Å². The summed E-state index contributed by atoms with van der Waals surface area (Å²) in [5, 5.41) is 15.5. The normalized spacial score (nSPS) is 11.6. The third kappa shape index (κ3) is 4.39. The first-order valence-electron chi connectivity index (χ1n) is 8.32. The number of anilines is 1. The highest BCUT2D eigenvalue weighted by molar-refractivity contribution is 6.02. The van der Waals surface area contributed by atoms with Gasteiger partial charge in [0, 0.05) is 23.3 Å². The SMILES string of the molecule is COc1cccc(NC(=O)C(CO)NC(=O)c2cnc3ccccc3c2)c1. The summed E-state index contributed by atoms with van der Waals surface area (Å²) >= 11 is 0. The zero-order valence-corrected chi connectivity index (χ0v) is 14.7.